The van der Waals surface area contributed by atoms with Crippen molar-refractivity contribution < 1.29 is 27.5 Å². The first-order valence-electron chi connectivity index (χ1n) is 9.84. The lowest BCUT2D eigenvalue weighted by Crippen LogP contribution is -2.30. The predicted octanol–water partition coefficient (Wildman–Crippen LogP) is 3.26. The van der Waals surface area contributed by atoms with Crippen molar-refractivity contribution in [2.24, 2.45) is 0 Å². The fourth-order valence-corrected chi connectivity index (χ4v) is 4.65. The van der Waals surface area contributed by atoms with E-state index in [-0.39, 0.29) is 28.0 Å². The number of aromatic nitrogens is 1. The molecule has 9 heteroatoms. The molecule has 0 fully saturated rings. The summed E-state index contributed by atoms with van der Waals surface area (Å²) in [6, 6.07) is 3.83. The van der Waals surface area contributed by atoms with Gasteiger partial charge in [-0.05, 0) is 71.7 Å². The van der Waals surface area contributed by atoms with E-state index in [2.05, 4.69) is 9.71 Å². The molecule has 1 aromatic heterocycles. The Hall–Kier alpha value is -2.78. The topological polar surface area (TPSA) is 122 Å². The number of rotatable bonds is 8. The minimum Gasteiger partial charge on any atom is -0.451 e. The number of aryl methyl sites for hydroxylation is 2. The molecule has 1 atom stereocenters. The standard InChI is InChI=1S/C22H28N2O6S/c1-11(2)24-31(28,29)17-9-8-12(3)18(10-17)22(27)30-16(7)21(26)20-13(4)19(15(6)25)14(5)23-20/h8-11,16,23-24H,1-7H3/t16-/m0/s1. The molecule has 168 valence electrons. The first-order valence-corrected chi connectivity index (χ1v) is 11.3. The van der Waals surface area contributed by atoms with E-state index in [0.717, 1.165) is 0 Å². The molecule has 0 bridgehead atoms. The van der Waals surface area contributed by atoms with E-state index in [1.165, 1.54) is 32.0 Å². The van der Waals surface area contributed by atoms with Crippen LogP contribution in [0.25, 0.3) is 0 Å². The highest BCUT2D eigenvalue weighted by Crippen LogP contribution is 2.22. The summed E-state index contributed by atoms with van der Waals surface area (Å²) in [5, 5.41) is 0. The zero-order chi connectivity index (χ0) is 23.7. The van der Waals surface area contributed by atoms with Crippen molar-refractivity contribution in [3.8, 4) is 0 Å². The summed E-state index contributed by atoms with van der Waals surface area (Å²) in [4.78, 5) is 40.2. The third-order valence-electron chi connectivity index (χ3n) is 4.82. The molecule has 0 aliphatic carbocycles. The van der Waals surface area contributed by atoms with Crippen LogP contribution in [0.4, 0.5) is 0 Å². The average molecular weight is 449 g/mol. The van der Waals surface area contributed by atoms with Crippen LogP contribution < -0.4 is 4.72 Å². The van der Waals surface area contributed by atoms with E-state index in [1.807, 2.05) is 0 Å². The predicted molar refractivity (Wildman–Crippen MR) is 116 cm³/mol. The van der Waals surface area contributed by atoms with Gasteiger partial charge in [0, 0.05) is 17.3 Å². The van der Waals surface area contributed by atoms with Gasteiger partial charge in [-0.25, -0.2) is 17.9 Å². The Kier molecular flexibility index (Phi) is 7.23. The number of benzene rings is 1. The van der Waals surface area contributed by atoms with Gasteiger partial charge in [0.2, 0.25) is 15.8 Å². The summed E-state index contributed by atoms with van der Waals surface area (Å²) in [6.07, 6.45) is -1.14. The minimum atomic E-state index is -3.80. The Bertz CT molecular complexity index is 1140. The third kappa shape index (κ3) is 5.29. The summed E-state index contributed by atoms with van der Waals surface area (Å²) in [6.45, 7) is 11.2. The molecule has 0 aliphatic rings. The van der Waals surface area contributed by atoms with Crippen LogP contribution in [0.2, 0.25) is 0 Å². The van der Waals surface area contributed by atoms with E-state index in [4.69, 9.17) is 4.74 Å². The number of Topliss-reactive ketones (excluding diaryl/α,β-unsaturated/α-hetero) is 2. The van der Waals surface area contributed by atoms with E-state index in [1.54, 1.807) is 34.6 Å². The number of carbonyl (C=O) groups excluding carboxylic acids is 3. The number of hydrogen-bond donors (Lipinski definition) is 2. The van der Waals surface area contributed by atoms with Crippen molar-refractivity contribution in [3.63, 3.8) is 0 Å². The maximum atomic E-state index is 12.8. The number of nitrogens with one attached hydrogen (secondary N) is 2. The molecule has 0 spiro atoms. The largest absolute Gasteiger partial charge is 0.451 e. The zero-order valence-electron chi connectivity index (χ0n) is 18.7. The Morgan fingerprint density at radius 2 is 1.68 bits per heavy atom. The van der Waals surface area contributed by atoms with E-state index >= 15 is 0 Å². The second kappa shape index (κ2) is 9.15. The Balaban J connectivity index is 2.29. The van der Waals surface area contributed by atoms with Crippen LogP contribution >= 0.6 is 0 Å². The number of ether oxygens (including phenoxy) is 1. The van der Waals surface area contributed by atoms with Gasteiger partial charge in [-0.1, -0.05) is 6.07 Å². The van der Waals surface area contributed by atoms with Crippen LogP contribution in [0.5, 0.6) is 0 Å². The summed E-state index contributed by atoms with van der Waals surface area (Å²) >= 11 is 0. The van der Waals surface area contributed by atoms with Gasteiger partial charge in [0.1, 0.15) is 0 Å². The number of aromatic amines is 1. The van der Waals surface area contributed by atoms with E-state index in [0.29, 0.717) is 22.4 Å². The van der Waals surface area contributed by atoms with Gasteiger partial charge in [-0.3, -0.25) is 9.59 Å². The van der Waals surface area contributed by atoms with Crippen molar-refractivity contribution in [3.05, 3.63) is 51.8 Å². The van der Waals surface area contributed by atoms with Crippen molar-refractivity contribution in [1.29, 1.82) is 0 Å². The molecule has 1 heterocycles. The lowest BCUT2D eigenvalue weighted by Gasteiger charge is -2.15. The van der Waals surface area contributed by atoms with Crippen molar-refractivity contribution >= 4 is 27.6 Å². The molecule has 1 aromatic carbocycles. The molecule has 0 saturated carbocycles. The zero-order valence-corrected chi connectivity index (χ0v) is 19.6. The van der Waals surface area contributed by atoms with Crippen molar-refractivity contribution in [1.82, 2.24) is 9.71 Å². The van der Waals surface area contributed by atoms with Gasteiger partial charge in [0.05, 0.1) is 16.2 Å². The van der Waals surface area contributed by atoms with Gasteiger partial charge in [-0.2, -0.15) is 0 Å². The molecular weight excluding hydrogens is 420 g/mol. The SMILES string of the molecule is CC(=O)c1c(C)[nH]c(C(=O)[C@H](C)OC(=O)c2cc(S(=O)(=O)NC(C)C)ccc2C)c1C. The monoisotopic (exact) mass is 448 g/mol. The number of sulfonamides is 1. The average Bonchev–Trinajstić information content (AvgIpc) is 2.94. The van der Waals surface area contributed by atoms with Crippen LogP contribution in [0, 0.1) is 20.8 Å². The molecule has 2 rings (SSSR count). The van der Waals surface area contributed by atoms with Crippen LogP contribution in [-0.2, 0) is 14.8 Å². The molecule has 31 heavy (non-hydrogen) atoms. The third-order valence-corrected chi connectivity index (χ3v) is 6.48. The molecule has 0 amide bonds. The fourth-order valence-electron chi connectivity index (χ4n) is 3.37. The maximum absolute atomic E-state index is 12.8. The molecule has 8 nitrogen and oxygen atoms in total. The first kappa shape index (κ1) is 24.5. The smallest absolute Gasteiger partial charge is 0.339 e. The van der Waals surface area contributed by atoms with E-state index in [9.17, 15) is 22.8 Å². The molecule has 0 radical (unpaired) electrons. The van der Waals surface area contributed by atoms with Crippen LogP contribution in [0.3, 0.4) is 0 Å². The molecule has 2 aromatic rings. The molecule has 2 N–H and O–H groups in total. The van der Waals surface area contributed by atoms with Crippen molar-refractivity contribution in [2.45, 2.75) is 65.5 Å². The van der Waals surface area contributed by atoms with Crippen LogP contribution in [0.1, 0.15) is 75.7 Å². The maximum Gasteiger partial charge on any atom is 0.339 e. The van der Waals surface area contributed by atoms with Gasteiger partial charge in [0.15, 0.2) is 11.9 Å². The Morgan fingerprint density at radius 1 is 1.06 bits per heavy atom. The molecule has 0 saturated heterocycles. The van der Waals surface area contributed by atoms with Gasteiger partial charge in [-0.15, -0.1) is 0 Å². The van der Waals surface area contributed by atoms with Crippen LogP contribution in [0.15, 0.2) is 23.1 Å². The minimum absolute atomic E-state index is 0.0510. The highest BCUT2D eigenvalue weighted by molar-refractivity contribution is 7.89. The fraction of sp³-hybridized carbons (Fsp3) is 0.409. The Labute approximate surface area is 182 Å². The number of ketones is 2. The molecule has 0 aliphatic heterocycles. The summed E-state index contributed by atoms with van der Waals surface area (Å²) in [7, 11) is -3.80. The lowest BCUT2D eigenvalue weighted by molar-refractivity contribution is 0.0316. The second-order valence-corrected chi connectivity index (χ2v) is 9.56. The van der Waals surface area contributed by atoms with Crippen LogP contribution in [-0.4, -0.2) is 43.1 Å². The quantitative estimate of drug-likeness (QED) is 0.472. The van der Waals surface area contributed by atoms with E-state index < -0.39 is 27.9 Å². The number of hydrogen-bond acceptors (Lipinski definition) is 6. The molecule has 0 unspecified atom stereocenters. The van der Waals surface area contributed by atoms with Gasteiger partial charge >= 0.3 is 5.97 Å². The number of carbonyl (C=O) groups is 3. The second-order valence-electron chi connectivity index (χ2n) is 7.85. The Morgan fingerprint density at radius 3 is 2.19 bits per heavy atom. The highest BCUT2D eigenvalue weighted by atomic mass is 32.2. The number of H-pyrrole nitrogens is 1. The number of esters is 1. The first-order chi connectivity index (χ1) is 14.3. The molecular formula is C22H28N2O6S. The van der Waals surface area contributed by atoms with Gasteiger partial charge < -0.3 is 9.72 Å². The lowest BCUT2D eigenvalue weighted by atomic mass is 10.0. The van der Waals surface area contributed by atoms with Gasteiger partial charge in [0.25, 0.3) is 0 Å². The normalized spacial score (nSPS) is 12.6. The summed E-state index contributed by atoms with van der Waals surface area (Å²) in [5.74, 6) is -1.46. The summed E-state index contributed by atoms with van der Waals surface area (Å²) in [5.41, 5.74) is 2.28. The highest BCUT2D eigenvalue weighted by Gasteiger charge is 2.27. The summed E-state index contributed by atoms with van der Waals surface area (Å²) < 4.78 is 32.6. The van der Waals surface area contributed by atoms with Crippen molar-refractivity contribution in [2.75, 3.05) is 0 Å².